The van der Waals surface area contributed by atoms with Gasteiger partial charge in [0.05, 0.1) is 7.11 Å². The lowest BCUT2D eigenvalue weighted by molar-refractivity contribution is 0.0929. The molecule has 20 heavy (non-hydrogen) atoms. The zero-order valence-corrected chi connectivity index (χ0v) is 12.4. The molecule has 1 aromatic rings. The van der Waals surface area contributed by atoms with Gasteiger partial charge in [-0.3, -0.25) is 9.69 Å². The maximum Gasteiger partial charge on any atom is 0.251 e. The fourth-order valence-corrected chi connectivity index (χ4v) is 2.60. The van der Waals surface area contributed by atoms with Gasteiger partial charge in [-0.05, 0) is 51.1 Å². The summed E-state index contributed by atoms with van der Waals surface area (Å²) in [6.07, 6.45) is 3.88. The smallest absolute Gasteiger partial charge is 0.251 e. The first-order chi connectivity index (χ1) is 9.70. The predicted molar refractivity (Wildman–Crippen MR) is 80.2 cm³/mol. The van der Waals surface area contributed by atoms with Gasteiger partial charge in [-0.25, -0.2) is 0 Å². The summed E-state index contributed by atoms with van der Waals surface area (Å²) in [4.78, 5) is 14.6. The lowest BCUT2D eigenvalue weighted by atomic mass is 10.1. The second-order valence-corrected chi connectivity index (χ2v) is 5.39. The Morgan fingerprint density at radius 2 is 2.10 bits per heavy atom. The molecule has 1 aliphatic rings. The molecule has 1 saturated heterocycles. The van der Waals surface area contributed by atoms with Crippen molar-refractivity contribution < 1.29 is 9.53 Å². The summed E-state index contributed by atoms with van der Waals surface area (Å²) in [6.45, 7) is 5.17. The third-order valence-corrected chi connectivity index (χ3v) is 3.90. The van der Waals surface area contributed by atoms with Crippen LogP contribution in [0, 0.1) is 0 Å². The number of likely N-dealkylation sites (tertiary alicyclic amines) is 1. The minimum Gasteiger partial charge on any atom is -0.497 e. The Bertz CT molecular complexity index is 442. The van der Waals surface area contributed by atoms with Crippen LogP contribution in [0.4, 0.5) is 0 Å². The molecule has 2 rings (SSSR count). The molecule has 1 N–H and O–H groups in total. The lowest BCUT2D eigenvalue weighted by Crippen LogP contribution is -2.44. The van der Waals surface area contributed by atoms with E-state index in [9.17, 15) is 4.79 Å². The second-order valence-electron chi connectivity index (χ2n) is 5.39. The summed E-state index contributed by atoms with van der Waals surface area (Å²) in [7, 11) is 1.61. The predicted octanol–water partition coefficient (Wildman–Crippen LogP) is 2.30. The van der Waals surface area contributed by atoms with Gasteiger partial charge in [0.1, 0.15) is 5.75 Å². The Balaban J connectivity index is 1.84. The van der Waals surface area contributed by atoms with E-state index in [2.05, 4.69) is 17.1 Å². The molecule has 1 fully saturated rings. The van der Waals surface area contributed by atoms with Crippen molar-refractivity contribution in [2.45, 2.75) is 32.2 Å². The number of piperidine rings is 1. The van der Waals surface area contributed by atoms with E-state index in [0.29, 0.717) is 23.9 Å². The lowest BCUT2D eigenvalue weighted by Gasteiger charge is -2.32. The molecule has 110 valence electrons. The number of carbonyl (C=O) groups is 1. The number of rotatable bonds is 5. The van der Waals surface area contributed by atoms with Crippen LogP contribution in [0.15, 0.2) is 24.3 Å². The standard InChI is InChI=1S/C16H24N2O2/c1-13(18-9-4-3-5-10-18)12-17-16(19)14-7-6-8-15(11-14)20-2/h6-8,11,13H,3-5,9-10,12H2,1-2H3,(H,17,19). The largest absolute Gasteiger partial charge is 0.497 e. The summed E-state index contributed by atoms with van der Waals surface area (Å²) in [6, 6.07) is 7.64. The molecule has 1 unspecified atom stereocenters. The van der Waals surface area contributed by atoms with Crippen LogP contribution in [0.3, 0.4) is 0 Å². The number of carbonyl (C=O) groups excluding carboxylic acids is 1. The third kappa shape index (κ3) is 3.97. The molecule has 0 aliphatic carbocycles. The average molecular weight is 276 g/mol. The molecule has 4 nitrogen and oxygen atoms in total. The van der Waals surface area contributed by atoms with Crippen LogP contribution in [0.25, 0.3) is 0 Å². The first kappa shape index (κ1) is 14.9. The van der Waals surface area contributed by atoms with E-state index in [1.54, 1.807) is 13.2 Å². The summed E-state index contributed by atoms with van der Waals surface area (Å²) < 4.78 is 5.14. The third-order valence-electron chi connectivity index (χ3n) is 3.90. The summed E-state index contributed by atoms with van der Waals surface area (Å²) in [5, 5.41) is 3.01. The number of amides is 1. The molecule has 1 atom stereocenters. The fraction of sp³-hybridized carbons (Fsp3) is 0.562. The van der Waals surface area contributed by atoms with E-state index >= 15 is 0 Å². The van der Waals surface area contributed by atoms with Crippen LogP contribution >= 0.6 is 0 Å². The minimum absolute atomic E-state index is 0.0345. The van der Waals surface area contributed by atoms with E-state index in [-0.39, 0.29) is 5.91 Å². The van der Waals surface area contributed by atoms with Crippen molar-refractivity contribution in [2.75, 3.05) is 26.7 Å². The molecular weight excluding hydrogens is 252 g/mol. The van der Waals surface area contributed by atoms with Crippen LogP contribution in [0.1, 0.15) is 36.5 Å². The molecule has 1 aromatic carbocycles. The van der Waals surface area contributed by atoms with E-state index < -0.39 is 0 Å². The highest BCUT2D eigenvalue weighted by atomic mass is 16.5. The van der Waals surface area contributed by atoms with Crippen LogP contribution in [-0.2, 0) is 0 Å². The molecule has 0 spiro atoms. The molecule has 1 heterocycles. The Morgan fingerprint density at radius 1 is 1.35 bits per heavy atom. The molecule has 0 saturated carbocycles. The number of nitrogens with zero attached hydrogens (tertiary/aromatic N) is 1. The van der Waals surface area contributed by atoms with Crippen LogP contribution in [-0.4, -0.2) is 43.6 Å². The van der Waals surface area contributed by atoms with Gasteiger partial charge in [0, 0.05) is 18.2 Å². The number of hydrogen-bond acceptors (Lipinski definition) is 3. The Kier molecular flexibility index (Phi) is 5.41. The minimum atomic E-state index is -0.0345. The van der Waals surface area contributed by atoms with Crippen LogP contribution < -0.4 is 10.1 Å². The normalized spacial score (nSPS) is 17.5. The summed E-state index contributed by atoms with van der Waals surface area (Å²) >= 11 is 0. The average Bonchev–Trinajstić information content (AvgIpc) is 2.53. The summed E-state index contributed by atoms with van der Waals surface area (Å²) in [5.74, 6) is 0.675. The van der Waals surface area contributed by atoms with Crippen molar-refractivity contribution in [1.29, 1.82) is 0 Å². The molecule has 4 heteroatoms. The molecule has 0 radical (unpaired) electrons. The van der Waals surface area contributed by atoms with Crippen molar-refractivity contribution in [3.8, 4) is 5.75 Å². The number of hydrogen-bond donors (Lipinski definition) is 1. The molecule has 0 bridgehead atoms. The van der Waals surface area contributed by atoms with Crippen molar-refractivity contribution in [1.82, 2.24) is 10.2 Å². The van der Waals surface area contributed by atoms with Gasteiger partial charge in [-0.1, -0.05) is 12.5 Å². The summed E-state index contributed by atoms with van der Waals surface area (Å²) in [5.41, 5.74) is 0.648. The fourth-order valence-electron chi connectivity index (χ4n) is 2.60. The van der Waals surface area contributed by atoms with Crippen LogP contribution in [0.5, 0.6) is 5.75 Å². The highest BCUT2D eigenvalue weighted by Gasteiger charge is 2.17. The van der Waals surface area contributed by atoms with Crippen molar-refractivity contribution in [3.05, 3.63) is 29.8 Å². The van der Waals surface area contributed by atoms with Gasteiger partial charge in [0.15, 0.2) is 0 Å². The quantitative estimate of drug-likeness (QED) is 0.897. The van der Waals surface area contributed by atoms with Crippen molar-refractivity contribution in [2.24, 2.45) is 0 Å². The Hall–Kier alpha value is -1.55. The van der Waals surface area contributed by atoms with E-state index in [0.717, 1.165) is 13.1 Å². The SMILES string of the molecule is COc1cccc(C(=O)NCC(C)N2CCCCC2)c1. The zero-order valence-electron chi connectivity index (χ0n) is 12.4. The monoisotopic (exact) mass is 276 g/mol. The Morgan fingerprint density at radius 3 is 2.80 bits per heavy atom. The van der Waals surface area contributed by atoms with E-state index in [4.69, 9.17) is 4.74 Å². The first-order valence-electron chi connectivity index (χ1n) is 7.37. The zero-order chi connectivity index (χ0) is 14.4. The highest BCUT2D eigenvalue weighted by Crippen LogP contribution is 2.13. The number of benzene rings is 1. The van der Waals surface area contributed by atoms with Gasteiger partial charge in [-0.15, -0.1) is 0 Å². The van der Waals surface area contributed by atoms with E-state index in [1.165, 1.54) is 19.3 Å². The number of methoxy groups -OCH3 is 1. The molecular formula is C16H24N2O2. The van der Waals surface area contributed by atoms with Gasteiger partial charge >= 0.3 is 0 Å². The second kappa shape index (κ2) is 7.29. The molecule has 1 amide bonds. The maximum atomic E-state index is 12.1. The Labute approximate surface area is 121 Å². The van der Waals surface area contributed by atoms with Gasteiger partial charge < -0.3 is 10.1 Å². The maximum absolute atomic E-state index is 12.1. The topological polar surface area (TPSA) is 41.6 Å². The molecule has 1 aliphatic heterocycles. The van der Waals surface area contributed by atoms with E-state index in [1.807, 2.05) is 18.2 Å². The van der Waals surface area contributed by atoms with Gasteiger partial charge in [0.25, 0.3) is 5.91 Å². The molecule has 0 aromatic heterocycles. The number of nitrogens with one attached hydrogen (secondary N) is 1. The van der Waals surface area contributed by atoms with Crippen LogP contribution in [0.2, 0.25) is 0 Å². The highest BCUT2D eigenvalue weighted by molar-refractivity contribution is 5.94. The number of ether oxygens (including phenoxy) is 1. The van der Waals surface area contributed by atoms with Crippen molar-refractivity contribution in [3.63, 3.8) is 0 Å². The first-order valence-corrected chi connectivity index (χ1v) is 7.37. The van der Waals surface area contributed by atoms with Gasteiger partial charge in [-0.2, -0.15) is 0 Å². The van der Waals surface area contributed by atoms with Gasteiger partial charge in [0.2, 0.25) is 0 Å². The van der Waals surface area contributed by atoms with Crippen molar-refractivity contribution >= 4 is 5.91 Å².